The van der Waals surface area contributed by atoms with Gasteiger partial charge in [0, 0.05) is 16.3 Å². The molecule has 0 aliphatic carbocycles. The summed E-state index contributed by atoms with van der Waals surface area (Å²) in [5, 5.41) is 2.73. The van der Waals surface area contributed by atoms with E-state index >= 15 is 0 Å². The second-order valence-corrected chi connectivity index (χ2v) is 5.82. The summed E-state index contributed by atoms with van der Waals surface area (Å²) in [5.74, 6) is 0. The molecule has 0 unspecified atom stereocenters. The van der Waals surface area contributed by atoms with Crippen LogP contribution in [-0.2, 0) is 6.18 Å². The van der Waals surface area contributed by atoms with Crippen LogP contribution in [0.3, 0.4) is 0 Å². The van der Waals surface area contributed by atoms with Gasteiger partial charge in [-0.15, -0.1) is 0 Å². The zero-order chi connectivity index (χ0) is 17.6. The molecule has 0 fully saturated rings. The predicted octanol–water partition coefficient (Wildman–Crippen LogP) is 5.82. The van der Waals surface area contributed by atoms with Crippen molar-refractivity contribution in [1.29, 1.82) is 0 Å². The molecule has 3 aromatic carbocycles. The van der Waals surface area contributed by atoms with E-state index in [0.717, 1.165) is 40.1 Å². The van der Waals surface area contributed by atoms with Crippen molar-refractivity contribution in [3.05, 3.63) is 71.8 Å². The molecule has 0 bridgehead atoms. The Hall–Kier alpha value is -3.08. The van der Waals surface area contributed by atoms with Crippen molar-refractivity contribution in [1.82, 2.24) is 4.98 Å². The fourth-order valence-electron chi connectivity index (χ4n) is 3.13. The van der Waals surface area contributed by atoms with E-state index in [-0.39, 0.29) is 0 Å². The van der Waals surface area contributed by atoms with Crippen molar-refractivity contribution in [2.75, 3.05) is 0 Å². The summed E-state index contributed by atoms with van der Waals surface area (Å²) in [6, 6.07) is 16.3. The third-order valence-electron chi connectivity index (χ3n) is 4.36. The molecule has 124 valence electrons. The number of halogens is 3. The molecule has 1 aromatic heterocycles. The van der Waals surface area contributed by atoms with Crippen LogP contribution >= 0.6 is 0 Å². The molecular weight excluding hydrogens is 327 g/mol. The highest BCUT2D eigenvalue weighted by Crippen LogP contribution is 2.35. The number of fused-ring (bicyclic) bond motifs is 3. The lowest BCUT2D eigenvalue weighted by atomic mass is 10.0. The third kappa shape index (κ3) is 2.48. The van der Waals surface area contributed by atoms with Gasteiger partial charge in [-0.25, -0.2) is 0 Å². The quantitative estimate of drug-likeness (QED) is 0.459. The predicted molar refractivity (Wildman–Crippen MR) is 91.6 cm³/mol. The van der Waals surface area contributed by atoms with Gasteiger partial charge in [-0.3, -0.25) is 4.79 Å². The van der Waals surface area contributed by atoms with Crippen LogP contribution in [0.4, 0.5) is 13.2 Å². The molecule has 0 amide bonds. The number of aromatic amines is 1. The Morgan fingerprint density at radius 1 is 0.840 bits per heavy atom. The third-order valence-corrected chi connectivity index (χ3v) is 4.36. The SMILES string of the molecule is O=Cc1c(-c2ccc(C(F)(F)F)cc2)[nH]c2c1ccc1ccccc12. The summed E-state index contributed by atoms with van der Waals surface area (Å²) in [6.45, 7) is 0. The molecule has 25 heavy (non-hydrogen) atoms. The summed E-state index contributed by atoms with van der Waals surface area (Å²) in [7, 11) is 0. The molecule has 1 heterocycles. The minimum Gasteiger partial charge on any atom is -0.353 e. The topological polar surface area (TPSA) is 32.9 Å². The first kappa shape index (κ1) is 15.4. The monoisotopic (exact) mass is 339 g/mol. The largest absolute Gasteiger partial charge is 0.416 e. The fraction of sp³-hybridized carbons (Fsp3) is 0.0500. The van der Waals surface area contributed by atoms with Crippen LogP contribution in [-0.4, -0.2) is 11.3 Å². The first-order valence-corrected chi connectivity index (χ1v) is 7.65. The van der Waals surface area contributed by atoms with Crippen LogP contribution in [0.25, 0.3) is 32.9 Å². The van der Waals surface area contributed by atoms with E-state index in [2.05, 4.69) is 4.98 Å². The molecule has 1 N–H and O–H groups in total. The Morgan fingerprint density at radius 3 is 2.24 bits per heavy atom. The second kappa shape index (κ2) is 5.48. The van der Waals surface area contributed by atoms with Crippen LogP contribution in [0.1, 0.15) is 15.9 Å². The van der Waals surface area contributed by atoms with Crippen molar-refractivity contribution in [2.45, 2.75) is 6.18 Å². The first-order valence-electron chi connectivity index (χ1n) is 7.65. The van der Waals surface area contributed by atoms with Gasteiger partial charge >= 0.3 is 6.18 Å². The number of carbonyl (C=O) groups excluding carboxylic acids is 1. The molecule has 0 aliphatic heterocycles. The highest BCUT2D eigenvalue weighted by atomic mass is 19.4. The number of H-pyrrole nitrogens is 1. The molecule has 0 saturated heterocycles. The van der Waals surface area contributed by atoms with Gasteiger partial charge in [-0.2, -0.15) is 13.2 Å². The molecule has 4 aromatic rings. The summed E-state index contributed by atoms with van der Waals surface area (Å²) >= 11 is 0. The summed E-state index contributed by atoms with van der Waals surface area (Å²) < 4.78 is 38.2. The number of rotatable bonds is 2. The highest BCUT2D eigenvalue weighted by molar-refractivity contribution is 6.14. The molecular formula is C20H12F3NO. The van der Waals surface area contributed by atoms with Crippen molar-refractivity contribution in [3.63, 3.8) is 0 Å². The van der Waals surface area contributed by atoms with E-state index in [0.29, 0.717) is 16.8 Å². The lowest BCUT2D eigenvalue weighted by Gasteiger charge is -2.07. The molecule has 0 radical (unpaired) electrons. The maximum absolute atomic E-state index is 12.7. The Bertz CT molecular complexity index is 1090. The lowest BCUT2D eigenvalue weighted by Crippen LogP contribution is -2.04. The fourth-order valence-corrected chi connectivity index (χ4v) is 3.13. The molecule has 0 saturated carbocycles. The van der Waals surface area contributed by atoms with Crippen molar-refractivity contribution in [3.8, 4) is 11.3 Å². The first-order chi connectivity index (χ1) is 12.0. The number of carbonyl (C=O) groups is 1. The highest BCUT2D eigenvalue weighted by Gasteiger charge is 2.30. The molecule has 0 atom stereocenters. The average molecular weight is 339 g/mol. The van der Waals surface area contributed by atoms with Crippen molar-refractivity contribution < 1.29 is 18.0 Å². The molecule has 4 rings (SSSR count). The van der Waals surface area contributed by atoms with E-state index in [1.54, 1.807) is 0 Å². The molecule has 2 nitrogen and oxygen atoms in total. The number of hydrogen-bond acceptors (Lipinski definition) is 1. The summed E-state index contributed by atoms with van der Waals surface area (Å²) in [4.78, 5) is 14.9. The van der Waals surface area contributed by atoms with Crippen LogP contribution in [0, 0.1) is 0 Å². The van der Waals surface area contributed by atoms with Crippen LogP contribution in [0.2, 0.25) is 0 Å². The Kier molecular flexibility index (Phi) is 3.39. The van der Waals surface area contributed by atoms with Crippen LogP contribution in [0.15, 0.2) is 60.7 Å². The van der Waals surface area contributed by atoms with E-state index < -0.39 is 11.7 Å². The van der Waals surface area contributed by atoms with Gasteiger partial charge in [0.1, 0.15) is 0 Å². The van der Waals surface area contributed by atoms with E-state index in [4.69, 9.17) is 0 Å². The zero-order valence-electron chi connectivity index (χ0n) is 12.9. The summed E-state index contributed by atoms with van der Waals surface area (Å²) in [5.41, 5.74) is 1.59. The van der Waals surface area contributed by atoms with Gasteiger partial charge in [0.05, 0.1) is 16.8 Å². The Balaban J connectivity index is 1.95. The second-order valence-electron chi connectivity index (χ2n) is 5.82. The minimum atomic E-state index is -4.39. The van der Waals surface area contributed by atoms with Crippen molar-refractivity contribution >= 4 is 28.0 Å². The van der Waals surface area contributed by atoms with Crippen molar-refractivity contribution in [2.24, 2.45) is 0 Å². The number of benzene rings is 3. The molecule has 0 aliphatic rings. The maximum Gasteiger partial charge on any atom is 0.416 e. The Labute approximate surface area is 140 Å². The van der Waals surface area contributed by atoms with Crippen LogP contribution in [0.5, 0.6) is 0 Å². The minimum absolute atomic E-state index is 0.445. The number of nitrogens with one attached hydrogen (secondary N) is 1. The van der Waals surface area contributed by atoms with Gasteiger partial charge in [0.15, 0.2) is 6.29 Å². The van der Waals surface area contributed by atoms with Crippen LogP contribution < -0.4 is 0 Å². The lowest BCUT2D eigenvalue weighted by molar-refractivity contribution is -0.137. The van der Waals surface area contributed by atoms with Gasteiger partial charge in [0.25, 0.3) is 0 Å². The number of hydrogen-bond donors (Lipinski definition) is 1. The summed E-state index contributed by atoms with van der Waals surface area (Å²) in [6.07, 6.45) is -3.65. The normalized spacial score (nSPS) is 12.0. The standard InChI is InChI=1S/C20H12F3NO/c21-20(22,23)14-8-5-13(6-9-14)18-17(11-25)16-10-7-12-3-1-2-4-15(12)19(16)24-18/h1-11,24H. The maximum atomic E-state index is 12.7. The Morgan fingerprint density at radius 2 is 1.56 bits per heavy atom. The number of aromatic nitrogens is 1. The smallest absolute Gasteiger partial charge is 0.353 e. The van der Waals surface area contributed by atoms with E-state index in [1.165, 1.54) is 12.1 Å². The van der Waals surface area contributed by atoms with Gasteiger partial charge in [0.2, 0.25) is 0 Å². The number of aldehydes is 1. The average Bonchev–Trinajstić information content (AvgIpc) is 3.00. The molecule has 0 spiro atoms. The zero-order valence-corrected chi connectivity index (χ0v) is 12.9. The van der Waals surface area contributed by atoms with Gasteiger partial charge in [-0.05, 0) is 23.1 Å². The van der Waals surface area contributed by atoms with Gasteiger partial charge < -0.3 is 4.98 Å². The number of alkyl halides is 3. The van der Waals surface area contributed by atoms with E-state index in [1.807, 2.05) is 36.4 Å². The van der Waals surface area contributed by atoms with Gasteiger partial charge in [-0.1, -0.05) is 48.5 Å². The molecule has 5 heteroatoms. The van der Waals surface area contributed by atoms with E-state index in [9.17, 15) is 18.0 Å².